The maximum atomic E-state index is 14.5. The van der Waals surface area contributed by atoms with Crippen LogP contribution in [0.15, 0.2) is 60.8 Å². The number of amides is 1. The monoisotopic (exact) mass is 420 g/mol. The Bertz CT molecular complexity index is 1040. The fraction of sp³-hybridized carbons (Fsp3) is 0.292. The summed E-state index contributed by atoms with van der Waals surface area (Å²) in [4.78, 5) is 23.4. The fourth-order valence-electron chi connectivity index (χ4n) is 3.98. The van der Waals surface area contributed by atoms with Crippen molar-refractivity contribution in [3.05, 3.63) is 72.3 Å². The quantitative estimate of drug-likeness (QED) is 0.640. The number of carbonyl (C=O) groups excluding carboxylic acids is 1. The third kappa shape index (κ3) is 4.82. The lowest BCUT2D eigenvalue weighted by Gasteiger charge is -2.36. The smallest absolute Gasteiger partial charge is 0.226 e. The van der Waals surface area contributed by atoms with E-state index in [9.17, 15) is 9.18 Å². The van der Waals surface area contributed by atoms with Crippen LogP contribution in [0.3, 0.4) is 0 Å². The predicted molar refractivity (Wildman–Crippen MR) is 117 cm³/mol. The first-order valence-corrected chi connectivity index (χ1v) is 10.5. The van der Waals surface area contributed by atoms with Gasteiger partial charge in [-0.15, -0.1) is 0 Å². The zero-order valence-corrected chi connectivity index (χ0v) is 17.2. The van der Waals surface area contributed by atoms with E-state index in [1.807, 2.05) is 35.2 Å². The highest BCUT2D eigenvalue weighted by Gasteiger charge is 2.31. The fourth-order valence-corrected chi connectivity index (χ4v) is 3.98. The van der Waals surface area contributed by atoms with Crippen molar-refractivity contribution >= 4 is 11.9 Å². The standard InChI is InChI=1S/C24H25FN4O2/c25-20-11-5-4-10-18(20)19-16-27-24(26)28-23(19)21-12-6-7-14-29(21)22(30)13-15-31-17-8-2-1-3-9-17/h1-5,8-11,16,21H,6-7,12-15H2,(H2,26,27,28)/t21-/m1/s1. The molecule has 0 unspecified atom stereocenters. The van der Waals surface area contributed by atoms with Crippen molar-refractivity contribution in [2.75, 3.05) is 18.9 Å². The summed E-state index contributed by atoms with van der Waals surface area (Å²) >= 11 is 0. The van der Waals surface area contributed by atoms with Crippen molar-refractivity contribution in [1.29, 1.82) is 0 Å². The summed E-state index contributed by atoms with van der Waals surface area (Å²) in [6, 6.07) is 15.6. The van der Waals surface area contributed by atoms with Gasteiger partial charge >= 0.3 is 0 Å². The molecular formula is C24H25FN4O2. The largest absolute Gasteiger partial charge is 0.493 e. The molecular weight excluding hydrogens is 395 g/mol. The SMILES string of the molecule is Nc1ncc(-c2ccccc2F)c([C@H]2CCCCN2C(=O)CCOc2ccccc2)n1. The van der Waals surface area contributed by atoms with Crippen LogP contribution in [0.5, 0.6) is 5.75 Å². The minimum Gasteiger partial charge on any atom is -0.493 e. The van der Waals surface area contributed by atoms with Gasteiger partial charge in [0.2, 0.25) is 11.9 Å². The van der Waals surface area contributed by atoms with Crippen molar-refractivity contribution in [3.8, 4) is 16.9 Å². The second-order valence-electron chi connectivity index (χ2n) is 7.52. The molecule has 1 fully saturated rings. The second kappa shape index (κ2) is 9.55. The van der Waals surface area contributed by atoms with Gasteiger partial charge in [0.25, 0.3) is 0 Å². The van der Waals surface area contributed by atoms with Gasteiger partial charge in [-0.25, -0.2) is 14.4 Å². The van der Waals surface area contributed by atoms with Crippen LogP contribution < -0.4 is 10.5 Å². The number of aromatic nitrogens is 2. The van der Waals surface area contributed by atoms with Gasteiger partial charge in [0.15, 0.2) is 0 Å². The summed E-state index contributed by atoms with van der Waals surface area (Å²) < 4.78 is 20.2. The van der Waals surface area contributed by atoms with Crippen LogP contribution in [-0.2, 0) is 4.79 Å². The number of ether oxygens (including phenoxy) is 1. The molecule has 31 heavy (non-hydrogen) atoms. The Morgan fingerprint density at radius 2 is 1.87 bits per heavy atom. The van der Waals surface area contributed by atoms with Gasteiger partial charge in [0.05, 0.1) is 24.8 Å². The van der Waals surface area contributed by atoms with Crippen molar-refractivity contribution < 1.29 is 13.9 Å². The summed E-state index contributed by atoms with van der Waals surface area (Å²) in [5, 5.41) is 0. The molecule has 1 saturated heterocycles. The maximum absolute atomic E-state index is 14.5. The highest BCUT2D eigenvalue weighted by atomic mass is 19.1. The van der Waals surface area contributed by atoms with Crippen LogP contribution in [-0.4, -0.2) is 33.9 Å². The van der Waals surface area contributed by atoms with Crippen molar-refractivity contribution in [1.82, 2.24) is 14.9 Å². The van der Waals surface area contributed by atoms with E-state index in [1.165, 1.54) is 6.07 Å². The van der Waals surface area contributed by atoms with Crippen LogP contribution in [0.2, 0.25) is 0 Å². The highest BCUT2D eigenvalue weighted by molar-refractivity contribution is 5.77. The number of hydrogen-bond donors (Lipinski definition) is 1. The summed E-state index contributed by atoms with van der Waals surface area (Å²) in [6.45, 7) is 0.910. The lowest BCUT2D eigenvalue weighted by Crippen LogP contribution is -2.39. The molecule has 4 rings (SSSR count). The molecule has 6 nitrogen and oxygen atoms in total. The minimum atomic E-state index is -0.359. The molecule has 0 spiro atoms. The number of benzene rings is 2. The molecule has 3 aromatic rings. The lowest BCUT2D eigenvalue weighted by molar-refractivity contribution is -0.135. The number of nitrogen functional groups attached to an aromatic ring is 1. The van der Waals surface area contributed by atoms with Gasteiger partial charge in [-0.1, -0.05) is 36.4 Å². The topological polar surface area (TPSA) is 81.3 Å². The molecule has 1 aliphatic rings. The summed E-state index contributed by atoms with van der Waals surface area (Å²) in [5.74, 6) is 0.468. The highest BCUT2D eigenvalue weighted by Crippen LogP contribution is 2.37. The Morgan fingerprint density at radius 1 is 1.10 bits per heavy atom. The molecule has 1 aliphatic heterocycles. The van der Waals surface area contributed by atoms with Crippen LogP contribution in [0.25, 0.3) is 11.1 Å². The average molecular weight is 420 g/mol. The molecule has 0 radical (unpaired) electrons. The van der Waals surface area contributed by atoms with E-state index in [2.05, 4.69) is 9.97 Å². The lowest BCUT2D eigenvalue weighted by atomic mass is 9.93. The zero-order chi connectivity index (χ0) is 21.6. The van der Waals surface area contributed by atoms with Gasteiger partial charge in [-0.05, 0) is 37.5 Å². The van der Waals surface area contributed by atoms with Crippen molar-refractivity contribution in [3.63, 3.8) is 0 Å². The molecule has 0 saturated carbocycles. The molecule has 0 aliphatic carbocycles. The Balaban J connectivity index is 1.57. The van der Waals surface area contributed by atoms with Crippen LogP contribution in [0.1, 0.15) is 37.4 Å². The van der Waals surface area contributed by atoms with Crippen molar-refractivity contribution in [2.24, 2.45) is 0 Å². The molecule has 1 atom stereocenters. The van der Waals surface area contributed by atoms with Gasteiger partial charge in [-0.2, -0.15) is 0 Å². The number of nitrogens with zero attached hydrogens (tertiary/aromatic N) is 3. The number of para-hydroxylation sites is 1. The Morgan fingerprint density at radius 3 is 2.68 bits per heavy atom. The van der Waals surface area contributed by atoms with E-state index >= 15 is 0 Å². The summed E-state index contributed by atoms with van der Waals surface area (Å²) in [6.07, 6.45) is 4.41. The number of rotatable bonds is 6. The Labute approximate surface area is 180 Å². The van der Waals surface area contributed by atoms with E-state index in [0.29, 0.717) is 23.4 Å². The second-order valence-corrected chi connectivity index (χ2v) is 7.52. The summed E-state index contributed by atoms with van der Waals surface area (Å²) in [7, 11) is 0. The average Bonchev–Trinajstić information content (AvgIpc) is 2.80. The maximum Gasteiger partial charge on any atom is 0.226 e. The van der Waals surface area contributed by atoms with Crippen LogP contribution in [0, 0.1) is 5.82 Å². The first kappa shape index (κ1) is 20.8. The summed E-state index contributed by atoms with van der Waals surface area (Å²) in [5.41, 5.74) is 7.44. The first-order chi connectivity index (χ1) is 15.1. The van der Waals surface area contributed by atoms with Gasteiger partial charge in [-0.3, -0.25) is 4.79 Å². The number of carbonyl (C=O) groups is 1. The molecule has 160 valence electrons. The third-order valence-corrected chi connectivity index (χ3v) is 5.47. The number of likely N-dealkylation sites (tertiary alicyclic amines) is 1. The molecule has 0 bridgehead atoms. The van der Waals surface area contributed by atoms with E-state index in [-0.39, 0.29) is 36.7 Å². The van der Waals surface area contributed by atoms with E-state index in [4.69, 9.17) is 10.5 Å². The zero-order valence-electron chi connectivity index (χ0n) is 17.2. The van der Waals surface area contributed by atoms with E-state index < -0.39 is 0 Å². The first-order valence-electron chi connectivity index (χ1n) is 10.5. The molecule has 1 aromatic heterocycles. The van der Waals surface area contributed by atoms with E-state index in [1.54, 1.807) is 24.4 Å². The Hall–Kier alpha value is -3.48. The Kier molecular flexibility index (Phi) is 6.40. The molecule has 1 amide bonds. The van der Waals surface area contributed by atoms with Gasteiger partial charge in [0.1, 0.15) is 11.6 Å². The van der Waals surface area contributed by atoms with Crippen LogP contribution >= 0.6 is 0 Å². The number of halogens is 1. The van der Waals surface area contributed by atoms with Gasteiger partial charge < -0.3 is 15.4 Å². The number of anilines is 1. The number of hydrogen-bond acceptors (Lipinski definition) is 5. The minimum absolute atomic E-state index is 0.0164. The third-order valence-electron chi connectivity index (χ3n) is 5.47. The number of piperidine rings is 1. The molecule has 2 heterocycles. The predicted octanol–water partition coefficient (Wildman–Crippen LogP) is 4.39. The number of nitrogens with two attached hydrogens (primary N) is 1. The van der Waals surface area contributed by atoms with Crippen LogP contribution in [0.4, 0.5) is 10.3 Å². The normalized spacial score (nSPS) is 16.2. The van der Waals surface area contributed by atoms with Crippen molar-refractivity contribution in [2.45, 2.75) is 31.7 Å². The molecule has 2 aromatic carbocycles. The van der Waals surface area contributed by atoms with E-state index in [0.717, 1.165) is 25.0 Å². The molecule has 7 heteroatoms. The van der Waals surface area contributed by atoms with Gasteiger partial charge in [0, 0.05) is 23.9 Å². The molecule has 2 N–H and O–H groups in total.